The lowest BCUT2D eigenvalue weighted by Gasteiger charge is -2.35. The molecule has 5 heteroatoms. The predicted molar refractivity (Wildman–Crippen MR) is 261 cm³/mol. The van der Waals surface area contributed by atoms with Crippen LogP contribution in [-0.2, 0) is 0 Å². The second kappa shape index (κ2) is 14.7. The fraction of sp³-hybridized carbons (Fsp3) is 0. The van der Waals surface area contributed by atoms with Gasteiger partial charge in [-0.05, 0) is 77.9 Å². The summed E-state index contributed by atoms with van der Waals surface area (Å²) in [6, 6.07) is 83.7. The molecule has 0 radical (unpaired) electrons. The average Bonchev–Trinajstić information content (AvgIpc) is 3.34. The first kappa shape index (κ1) is 36.6. The quantitative estimate of drug-likeness (QED) is 0.0782. The molecule has 11 rings (SSSR count). The van der Waals surface area contributed by atoms with Crippen LogP contribution in [0.2, 0.25) is 0 Å². The van der Waals surface area contributed by atoms with Crippen molar-refractivity contribution >= 4 is 95.7 Å². The lowest BCUT2D eigenvalue weighted by Crippen LogP contribution is -2.74. The zero-order valence-corrected chi connectivity index (χ0v) is 35.3. The van der Waals surface area contributed by atoms with Gasteiger partial charge in [0.1, 0.15) is 0 Å². The van der Waals surface area contributed by atoms with Crippen LogP contribution in [0.3, 0.4) is 0 Å². The first-order chi connectivity index (χ1) is 30.1. The summed E-state index contributed by atoms with van der Waals surface area (Å²) in [5, 5.41) is 12.1. The Balaban J connectivity index is 1.33. The van der Waals surface area contributed by atoms with Crippen molar-refractivity contribution in [1.82, 2.24) is 4.40 Å². The molecule has 0 amide bonds. The molecule has 61 heavy (non-hydrogen) atoms. The van der Waals surface area contributed by atoms with Crippen molar-refractivity contribution in [2.75, 3.05) is 0 Å². The van der Waals surface area contributed by atoms with E-state index in [-0.39, 0.29) is 10.9 Å². The molecule has 0 bridgehead atoms. The molecule has 0 atom stereocenters. The van der Waals surface area contributed by atoms with Crippen molar-refractivity contribution in [3.8, 4) is 0 Å². The number of pyridine rings is 2. The molecule has 2 aromatic heterocycles. The van der Waals surface area contributed by atoms with E-state index in [1.807, 2.05) is 30.3 Å². The highest BCUT2D eigenvalue weighted by molar-refractivity contribution is 7.20. The van der Waals surface area contributed by atoms with Gasteiger partial charge in [0.05, 0.1) is 16.6 Å². The average molecular weight is 814 g/mol. The monoisotopic (exact) mass is 813 g/mol. The van der Waals surface area contributed by atoms with Gasteiger partial charge in [-0.25, -0.2) is 0 Å². The fourth-order valence-corrected chi connectivity index (χ4v) is 19.8. The number of rotatable bonds is 8. The number of para-hydroxylation sites is 1. The third-order valence-corrected chi connectivity index (χ3v) is 22.4. The van der Waals surface area contributed by atoms with E-state index >= 15 is 0 Å². The van der Waals surface area contributed by atoms with Crippen LogP contribution in [0.4, 0.5) is 0 Å². The van der Waals surface area contributed by atoms with E-state index < -0.39 is 16.1 Å². The van der Waals surface area contributed by atoms with Gasteiger partial charge in [-0.3, -0.25) is 9.59 Å². The van der Waals surface area contributed by atoms with Crippen LogP contribution in [0.5, 0.6) is 0 Å². The third-order valence-electron chi connectivity index (χ3n) is 12.8. The number of aromatic nitrogens is 1. The summed E-state index contributed by atoms with van der Waals surface area (Å²) in [4.78, 5) is 29.6. The Hall–Kier alpha value is -7.45. The minimum absolute atomic E-state index is 0.0740. The van der Waals surface area contributed by atoms with Crippen LogP contribution in [0, 0.1) is 0 Å². The van der Waals surface area contributed by atoms with Crippen molar-refractivity contribution in [1.29, 1.82) is 0 Å². The van der Waals surface area contributed by atoms with Gasteiger partial charge in [-0.1, -0.05) is 200 Å². The molecular weight excluding hydrogens is 775 g/mol. The van der Waals surface area contributed by atoms with Crippen molar-refractivity contribution < 1.29 is 0 Å². The SMILES string of the molecule is O=c1c2ccc([Si](c3ccccc3)(c3ccccc3)c3ccccc3)cc2n2c3cc([Si](c4ccccc4)(c4ccccc4)c4ccccc4)ccc3c(=O)c3cccc1c32. The minimum atomic E-state index is -2.99. The number of fused-ring (bicyclic) bond motifs is 4. The van der Waals surface area contributed by atoms with Crippen LogP contribution in [0.15, 0.2) is 246 Å². The Morgan fingerprint density at radius 1 is 0.262 bits per heavy atom. The highest BCUT2D eigenvalue weighted by Crippen LogP contribution is 2.27. The first-order valence-electron chi connectivity index (χ1n) is 20.8. The van der Waals surface area contributed by atoms with Gasteiger partial charge >= 0.3 is 0 Å². The number of nitrogens with zero attached hydrogens (tertiary/aromatic N) is 1. The zero-order valence-electron chi connectivity index (χ0n) is 33.3. The third kappa shape index (κ3) is 5.48. The molecule has 0 fully saturated rings. The molecule has 288 valence electrons. The maximum atomic E-state index is 14.8. The zero-order chi connectivity index (χ0) is 41.0. The molecule has 9 aromatic carbocycles. The molecule has 0 aliphatic heterocycles. The molecule has 0 unspecified atom stereocenters. The Morgan fingerprint density at radius 2 is 0.541 bits per heavy atom. The molecule has 3 nitrogen and oxygen atoms in total. The normalized spacial score (nSPS) is 12.1. The summed E-state index contributed by atoms with van der Waals surface area (Å²) in [5.41, 5.74) is 2.09. The summed E-state index contributed by atoms with van der Waals surface area (Å²) in [6.07, 6.45) is 0. The number of hydrogen-bond acceptors (Lipinski definition) is 2. The van der Waals surface area contributed by atoms with E-state index in [2.05, 4.69) is 211 Å². The molecule has 2 heterocycles. The topological polar surface area (TPSA) is 38.5 Å². The van der Waals surface area contributed by atoms with E-state index in [9.17, 15) is 9.59 Å². The number of hydrogen-bond donors (Lipinski definition) is 0. The number of benzene rings is 9. The second-order valence-electron chi connectivity index (χ2n) is 15.9. The molecule has 0 N–H and O–H groups in total. The maximum Gasteiger partial charge on any atom is 0.197 e. The second-order valence-corrected chi connectivity index (χ2v) is 23.5. The van der Waals surface area contributed by atoms with E-state index in [0.717, 1.165) is 21.4 Å². The molecule has 11 aromatic rings. The van der Waals surface area contributed by atoms with Crippen LogP contribution in [0.1, 0.15) is 0 Å². The molecule has 0 aliphatic rings. The van der Waals surface area contributed by atoms with E-state index in [1.54, 1.807) is 0 Å². The summed E-state index contributed by atoms with van der Waals surface area (Å²) < 4.78 is 2.24. The minimum Gasteiger partial charge on any atom is -0.308 e. The van der Waals surface area contributed by atoms with Crippen LogP contribution in [-0.4, -0.2) is 20.5 Å². The Labute approximate surface area is 355 Å². The Morgan fingerprint density at radius 3 is 0.820 bits per heavy atom. The van der Waals surface area contributed by atoms with Crippen molar-refractivity contribution in [2.24, 2.45) is 0 Å². The van der Waals surface area contributed by atoms with Gasteiger partial charge in [-0.15, -0.1) is 0 Å². The van der Waals surface area contributed by atoms with Gasteiger partial charge in [0.15, 0.2) is 27.0 Å². The van der Waals surface area contributed by atoms with Crippen LogP contribution < -0.4 is 52.4 Å². The lowest BCUT2D eigenvalue weighted by molar-refractivity contribution is 1.31. The van der Waals surface area contributed by atoms with E-state index in [1.165, 1.54) is 31.1 Å². The molecule has 0 saturated carbocycles. The first-order valence-corrected chi connectivity index (χ1v) is 24.8. The Kier molecular flexibility index (Phi) is 8.81. The van der Waals surface area contributed by atoms with Crippen molar-refractivity contribution in [3.05, 3.63) is 257 Å². The van der Waals surface area contributed by atoms with E-state index in [0.29, 0.717) is 27.1 Å². The van der Waals surface area contributed by atoms with Crippen molar-refractivity contribution in [2.45, 2.75) is 0 Å². The molecular formula is C56H39NO2Si2. The summed E-state index contributed by atoms with van der Waals surface area (Å²) in [6.45, 7) is 0. The summed E-state index contributed by atoms with van der Waals surface area (Å²) >= 11 is 0. The predicted octanol–water partition coefficient (Wildman–Crippen LogP) is 6.31. The smallest absolute Gasteiger partial charge is 0.197 e. The fourth-order valence-electron chi connectivity index (χ4n) is 10.2. The Bertz CT molecular complexity index is 3070. The summed E-state index contributed by atoms with van der Waals surface area (Å²) in [7, 11) is -5.97. The van der Waals surface area contributed by atoms with Gasteiger partial charge < -0.3 is 4.40 Å². The van der Waals surface area contributed by atoms with Crippen molar-refractivity contribution in [3.63, 3.8) is 0 Å². The van der Waals surface area contributed by atoms with Crippen LogP contribution in [0.25, 0.3) is 38.1 Å². The standard InChI is InChI=1S/C56H39NO2Si2/c58-55-48-36-34-46(60(40-20-7-1-8-21-40,41-22-9-2-10-23-41)42-24-11-3-12-25-42)38-52(48)57-53-39-47(35-37-49(53)56(59)51-33-19-32-50(55)54(51)57)61(43-26-13-4-14-27-43,44-28-15-5-16-29-44)45-30-17-6-18-31-45/h1-39H. The molecule has 0 saturated heterocycles. The van der Waals surface area contributed by atoms with Gasteiger partial charge in [0.2, 0.25) is 0 Å². The highest BCUT2D eigenvalue weighted by Gasteiger charge is 2.43. The molecule has 0 spiro atoms. The van der Waals surface area contributed by atoms with Gasteiger partial charge in [-0.2, -0.15) is 0 Å². The highest BCUT2D eigenvalue weighted by atomic mass is 28.3. The lowest BCUT2D eigenvalue weighted by atomic mass is 10.0. The summed E-state index contributed by atoms with van der Waals surface area (Å²) in [5.74, 6) is 0. The largest absolute Gasteiger partial charge is 0.308 e. The van der Waals surface area contributed by atoms with Gasteiger partial charge in [0.25, 0.3) is 0 Å². The maximum absolute atomic E-state index is 14.8. The van der Waals surface area contributed by atoms with Crippen LogP contribution >= 0.6 is 0 Å². The van der Waals surface area contributed by atoms with E-state index in [4.69, 9.17) is 0 Å². The molecule has 0 aliphatic carbocycles. The van der Waals surface area contributed by atoms with Gasteiger partial charge in [0, 0.05) is 21.5 Å².